The van der Waals surface area contributed by atoms with Gasteiger partial charge in [-0.2, -0.15) is 13.2 Å². The van der Waals surface area contributed by atoms with E-state index in [0.717, 1.165) is 5.56 Å². The van der Waals surface area contributed by atoms with Gasteiger partial charge in [0.15, 0.2) is 0 Å². The fourth-order valence-electron chi connectivity index (χ4n) is 1.38. The van der Waals surface area contributed by atoms with Gasteiger partial charge in [0.25, 0.3) is 0 Å². The van der Waals surface area contributed by atoms with Crippen LogP contribution in [0.25, 0.3) is 0 Å². The molecule has 0 aromatic carbocycles. The second-order valence-electron chi connectivity index (χ2n) is 3.68. The standard InChI is InChI=1S/C11H15F3N2/c1-9(10-3-7-15-8-4-10)16-6-2-5-11(12,13)14/h3-4,7-9,16H,2,5-6H2,1H3/t9-/m0/s1. The predicted molar refractivity (Wildman–Crippen MR) is 55.9 cm³/mol. The molecule has 0 aliphatic heterocycles. The minimum atomic E-state index is -4.05. The summed E-state index contributed by atoms with van der Waals surface area (Å²) in [5, 5.41) is 3.04. The number of aromatic nitrogens is 1. The molecule has 0 radical (unpaired) electrons. The number of halogens is 3. The van der Waals surface area contributed by atoms with E-state index < -0.39 is 12.6 Å². The van der Waals surface area contributed by atoms with E-state index >= 15 is 0 Å². The summed E-state index contributed by atoms with van der Waals surface area (Å²) in [5.41, 5.74) is 1.03. The van der Waals surface area contributed by atoms with Gasteiger partial charge in [0.1, 0.15) is 0 Å². The van der Waals surface area contributed by atoms with Crippen molar-refractivity contribution in [2.24, 2.45) is 0 Å². The third kappa shape index (κ3) is 5.11. The summed E-state index contributed by atoms with van der Waals surface area (Å²) in [6, 6.07) is 3.75. The largest absolute Gasteiger partial charge is 0.389 e. The highest BCUT2D eigenvalue weighted by atomic mass is 19.4. The molecule has 1 heterocycles. The van der Waals surface area contributed by atoms with Crippen molar-refractivity contribution in [2.75, 3.05) is 6.54 Å². The van der Waals surface area contributed by atoms with Crippen LogP contribution in [-0.4, -0.2) is 17.7 Å². The number of hydrogen-bond donors (Lipinski definition) is 1. The normalized spacial score (nSPS) is 13.8. The lowest BCUT2D eigenvalue weighted by Crippen LogP contribution is -2.21. The van der Waals surface area contributed by atoms with Crippen molar-refractivity contribution in [1.29, 1.82) is 0 Å². The molecule has 1 N–H and O–H groups in total. The number of rotatable bonds is 5. The molecule has 1 atom stereocenters. The monoisotopic (exact) mass is 232 g/mol. The Kier molecular flexibility index (Phi) is 4.73. The van der Waals surface area contributed by atoms with Crippen molar-refractivity contribution in [3.05, 3.63) is 30.1 Å². The Morgan fingerprint density at radius 2 is 1.94 bits per heavy atom. The lowest BCUT2D eigenvalue weighted by atomic mass is 10.1. The van der Waals surface area contributed by atoms with E-state index in [2.05, 4.69) is 10.3 Å². The molecule has 5 heteroatoms. The number of nitrogens with one attached hydrogen (secondary N) is 1. The van der Waals surface area contributed by atoms with Gasteiger partial charge in [-0.3, -0.25) is 4.98 Å². The van der Waals surface area contributed by atoms with E-state index in [9.17, 15) is 13.2 Å². The van der Waals surface area contributed by atoms with Crippen LogP contribution in [-0.2, 0) is 0 Å². The van der Waals surface area contributed by atoms with Gasteiger partial charge in [-0.1, -0.05) is 0 Å². The molecule has 0 fully saturated rings. The molecule has 1 aromatic heterocycles. The Morgan fingerprint density at radius 1 is 1.31 bits per heavy atom. The molecule has 0 saturated carbocycles. The zero-order valence-electron chi connectivity index (χ0n) is 9.09. The van der Waals surface area contributed by atoms with Gasteiger partial charge in [0.05, 0.1) is 0 Å². The highest BCUT2D eigenvalue weighted by Crippen LogP contribution is 2.21. The highest BCUT2D eigenvalue weighted by Gasteiger charge is 2.25. The third-order valence-electron chi connectivity index (χ3n) is 2.29. The van der Waals surface area contributed by atoms with E-state index in [1.54, 1.807) is 12.4 Å². The van der Waals surface area contributed by atoms with Crippen LogP contribution in [0.2, 0.25) is 0 Å². The molecular formula is C11H15F3N2. The van der Waals surface area contributed by atoms with Crippen molar-refractivity contribution in [2.45, 2.75) is 32.0 Å². The van der Waals surface area contributed by atoms with E-state index in [1.807, 2.05) is 19.1 Å². The summed E-state index contributed by atoms with van der Waals surface area (Å²) in [6.45, 7) is 2.28. The zero-order valence-corrected chi connectivity index (χ0v) is 9.09. The summed E-state index contributed by atoms with van der Waals surface area (Å²) in [6.07, 6.45) is -1.34. The van der Waals surface area contributed by atoms with Gasteiger partial charge in [-0.05, 0) is 37.6 Å². The van der Waals surface area contributed by atoms with Crippen LogP contribution in [0.1, 0.15) is 31.4 Å². The van der Waals surface area contributed by atoms with Gasteiger partial charge in [-0.25, -0.2) is 0 Å². The molecule has 0 amide bonds. The molecular weight excluding hydrogens is 217 g/mol. The van der Waals surface area contributed by atoms with Crippen LogP contribution in [0.15, 0.2) is 24.5 Å². The van der Waals surface area contributed by atoms with Crippen LogP contribution in [0.4, 0.5) is 13.2 Å². The zero-order chi connectivity index (χ0) is 12.0. The van der Waals surface area contributed by atoms with Gasteiger partial charge in [-0.15, -0.1) is 0 Å². The molecule has 0 aliphatic rings. The van der Waals surface area contributed by atoms with Crippen LogP contribution in [0.3, 0.4) is 0 Å². The Balaban J connectivity index is 2.24. The van der Waals surface area contributed by atoms with Crippen LogP contribution in [0.5, 0.6) is 0 Å². The SMILES string of the molecule is C[C@H](NCCCC(F)(F)F)c1ccncc1. The minimum Gasteiger partial charge on any atom is -0.310 e. The summed E-state index contributed by atoms with van der Waals surface area (Å²) < 4.78 is 35.6. The molecule has 1 rings (SSSR count). The summed E-state index contributed by atoms with van der Waals surface area (Å²) in [5.74, 6) is 0. The predicted octanol–water partition coefficient (Wildman–Crippen LogP) is 3.07. The average molecular weight is 232 g/mol. The van der Waals surface area contributed by atoms with Crippen molar-refractivity contribution >= 4 is 0 Å². The second-order valence-corrected chi connectivity index (χ2v) is 3.68. The molecule has 1 aromatic rings. The topological polar surface area (TPSA) is 24.9 Å². The maximum Gasteiger partial charge on any atom is 0.389 e. The Bertz CT molecular complexity index is 298. The van der Waals surface area contributed by atoms with Crippen molar-refractivity contribution in [3.8, 4) is 0 Å². The smallest absolute Gasteiger partial charge is 0.310 e. The molecule has 90 valence electrons. The van der Waals surface area contributed by atoms with Gasteiger partial charge in [0, 0.05) is 24.9 Å². The molecule has 0 spiro atoms. The van der Waals surface area contributed by atoms with Gasteiger partial charge in [0.2, 0.25) is 0 Å². The quantitative estimate of drug-likeness (QED) is 0.789. The van der Waals surface area contributed by atoms with E-state index in [4.69, 9.17) is 0 Å². The number of alkyl halides is 3. The van der Waals surface area contributed by atoms with Crippen LogP contribution >= 0.6 is 0 Å². The third-order valence-corrected chi connectivity index (χ3v) is 2.29. The maximum absolute atomic E-state index is 11.9. The molecule has 0 saturated heterocycles. The Morgan fingerprint density at radius 3 is 2.50 bits per heavy atom. The number of nitrogens with zero attached hydrogens (tertiary/aromatic N) is 1. The van der Waals surface area contributed by atoms with Gasteiger partial charge < -0.3 is 5.32 Å². The van der Waals surface area contributed by atoms with Crippen molar-refractivity contribution in [1.82, 2.24) is 10.3 Å². The molecule has 0 aliphatic carbocycles. The molecule has 2 nitrogen and oxygen atoms in total. The van der Waals surface area contributed by atoms with Gasteiger partial charge >= 0.3 is 6.18 Å². The first-order valence-corrected chi connectivity index (χ1v) is 5.19. The summed E-state index contributed by atoms with van der Waals surface area (Å²) in [4.78, 5) is 3.88. The summed E-state index contributed by atoms with van der Waals surface area (Å²) >= 11 is 0. The highest BCUT2D eigenvalue weighted by molar-refractivity contribution is 5.13. The van der Waals surface area contributed by atoms with E-state index in [-0.39, 0.29) is 12.5 Å². The second kappa shape index (κ2) is 5.84. The Labute approximate surface area is 92.9 Å². The maximum atomic E-state index is 11.9. The van der Waals surface area contributed by atoms with Crippen molar-refractivity contribution in [3.63, 3.8) is 0 Å². The Hall–Kier alpha value is -1.10. The fourth-order valence-corrected chi connectivity index (χ4v) is 1.38. The molecule has 0 unspecified atom stereocenters. The minimum absolute atomic E-state index is 0.0521. The number of pyridine rings is 1. The van der Waals surface area contributed by atoms with Crippen LogP contribution < -0.4 is 5.32 Å². The van der Waals surface area contributed by atoms with E-state index in [1.165, 1.54) is 0 Å². The summed E-state index contributed by atoms with van der Waals surface area (Å²) in [7, 11) is 0. The van der Waals surface area contributed by atoms with Crippen LogP contribution in [0, 0.1) is 0 Å². The molecule has 16 heavy (non-hydrogen) atoms. The van der Waals surface area contributed by atoms with E-state index in [0.29, 0.717) is 6.54 Å². The lowest BCUT2D eigenvalue weighted by molar-refractivity contribution is -0.135. The average Bonchev–Trinajstić information content (AvgIpc) is 2.24. The van der Waals surface area contributed by atoms with Crippen molar-refractivity contribution < 1.29 is 13.2 Å². The fraction of sp³-hybridized carbons (Fsp3) is 0.545. The first-order valence-electron chi connectivity index (χ1n) is 5.19. The molecule has 0 bridgehead atoms. The first kappa shape index (κ1) is 13.0. The first-order chi connectivity index (χ1) is 7.49. The number of hydrogen-bond acceptors (Lipinski definition) is 2. The lowest BCUT2D eigenvalue weighted by Gasteiger charge is -2.14.